The van der Waals surface area contributed by atoms with Crippen LogP contribution in [0.3, 0.4) is 0 Å². The van der Waals surface area contributed by atoms with Gasteiger partial charge in [-0.25, -0.2) is 0 Å². The summed E-state index contributed by atoms with van der Waals surface area (Å²) < 4.78 is 0. The van der Waals surface area contributed by atoms with Gasteiger partial charge in [-0.05, 0) is 26.1 Å². The third-order valence-corrected chi connectivity index (χ3v) is 2.54. The zero-order chi connectivity index (χ0) is 10.9. The Morgan fingerprint density at radius 2 is 1.50 bits per heavy atom. The first-order valence-electron chi connectivity index (χ1n) is 4.41. The number of carbonyl (C=O) groups is 2. The molecule has 14 heavy (non-hydrogen) atoms. The van der Waals surface area contributed by atoms with Crippen LogP contribution in [0.25, 0.3) is 0 Å². The van der Waals surface area contributed by atoms with Crippen molar-refractivity contribution in [3.05, 3.63) is 12.2 Å². The zero-order valence-corrected chi connectivity index (χ0v) is 9.06. The van der Waals surface area contributed by atoms with E-state index in [0.717, 1.165) is 0 Å². The maximum absolute atomic E-state index is 11.5. The molecule has 1 fully saturated rings. The predicted molar refractivity (Wildman–Crippen MR) is 56.5 cm³/mol. The van der Waals surface area contributed by atoms with E-state index < -0.39 is 0 Å². The fourth-order valence-electron chi connectivity index (χ4n) is 1.29. The van der Waals surface area contributed by atoms with Gasteiger partial charge in [0.25, 0.3) is 11.8 Å². The van der Waals surface area contributed by atoms with Gasteiger partial charge in [0.1, 0.15) is 0 Å². The lowest BCUT2D eigenvalue weighted by Crippen LogP contribution is -2.55. The Labute approximate surface area is 88.2 Å². The number of likely N-dealkylation sites (N-methyl/N-ethyl adjacent to an activating group) is 2. The molecule has 2 amide bonds. The van der Waals surface area contributed by atoms with Gasteiger partial charge in [0, 0.05) is 13.1 Å². The van der Waals surface area contributed by atoms with Crippen molar-refractivity contribution in [2.75, 3.05) is 13.1 Å². The van der Waals surface area contributed by atoms with Crippen molar-refractivity contribution < 1.29 is 9.59 Å². The third-order valence-electron chi connectivity index (χ3n) is 2.10. The average molecular weight is 212 g/mol. The summed E-state index contributed by atoms with van der Waals surface area (Å²) in [5, 5.41) is 0.275. The highest BCUT2D eigenvalue weighted by atomic mass is 32.1. The normalized spacial score (nSPS) is 18.1. The van der Waals surface area contributed by atoms with Crippen LogP contribution in [0.1, 0.15) is 13.8 Å². The first-order chi connectivity index (χ1) is 6.54. The van der Waals surface area contributed by atoms with Crippen LogP contribution >= 0.6 is 12.2 Å². The van der Waals surface area contributed by atoms with Crippen molar-refractivity contribution in [3.63, 3.8) is 0 Å². The number of rotatable bonds is 2. The van der Waals surface area contributed by atoms with Crippen LogP contribution in [-0.2, 0) is 9.59 Å². The van der Waals surface area contributed by atoms with Crippen molar-refractivity contribution in [2.24, 2.45) is 0 Å². The summed E-state index contributed by atoms with van der Waals surface area (Å²) in [6.07, 6.45) is 0. The molecule has 1 heterocycles. The van der Waals surface area contributed by atoms with Gasteiger partial charge in [-0.1, -0.05) is 6.58 Å². The molecule has 76 valence electrons. The molecule has 0 aromatic rings. The Bertz CT molecular complexity index is 297. The zero-order valence-electron chi connectivity index (χ0n) is 8.24. The van der Waals surface area contributed by atoms with E-state index >= 15 is 0 Å². The molecule has 0 N–H and O–H groups in total. The molecule has 1 aliphatic rings. The molecule has 0 aromatic heterocycles. The van der Waals surface area contributed by atoms with Crippen LogP contribution in [0, 0.1) is 0 Å². The number of amides is 2. The van der Waals surface area contributed by atoms with Gasteiger partial charge in [-0.3, -0.25) is 19.4 Å². The van der Waals surface area contributed by atoms with E-state index in [4.69, 9.17) is 12.2 Å². The standard InChI is InChI=1S/C9H12N2O2S/c1-4-10-7(12)6(3)8(13)11(5-2)9(10)14/h3-5H2,1-2H3. The summed E-state index contributed by atoms with van der Waals surface area (Å²) in [6, 6.07) is 0. The topological polar surface area (TPSA) is 40.6 Å². The summed E-state index contributed by atoms with van der Waals surface area (Å²) in [6.45, 7) is 8.00. The minimum atomic E-state index is -0.382. The molecule has 1 aliphatic heterocycles. The third kappa shape index (κ3) is 1.43. The monoisotopic (exact) mass is 212 g/mol. The van der Waals surface area contributed by atoms with Gasteiger partial charge in [-0.2, -0.15) is 0 Å². The smallest absolute Gasteiger partial charge is 0.265 e. The first kappa shape index (κ1) is 10.8. The minimum Gasteiger partial charge on any atom is -0.285 e. The van der Waals surface area contributed by atoms with E-state index in [2.05, 4.69) is 6.58 Å². The van der Waals surface area contributed by atoms with Crippen LogP contribution in [0.15, 0.2) is 12.2 Å². The lowest BCUT2D eigenvalue weighted by molar-refractivity contribution is -0.133. The summed E-state index contributed by atoms with van der Waals surface area (Å²) in [7, 11) is 0. The molecule has 1 rings (SSSR count). The van der Waals surface area contributed by atoms with Crippen LogP contribution in [0.5, 0.6) is 0 Å². The molecule has 4 nitrogen and oxygen atoms in total. The molecule has 0 atom stereocenters. The summed E-state index contributed by atoms with van der Waals surface area (Å²) in [4.78, 5) is 25.8. The molecule has 0 bridgehead atoms. The van der Waals surface area contributed by atoms with E-state index in [1.54, 1.807) is 13.8 Å². The molecule has 0 saturated carbocycles. The lowest BCUT2D eigenvalue weighted by Gasteiger charge is -2.34. The van der Waals surface area contributed by atoms with Gasteiger partial charge < -0.3 is 0 Å². The molecule has 1 saturated heterocycles. The van der Waals surface area contributed by atoms with Crippen LogP contribution < -0.4 is 0 Å². The van der Waals surface area contributed by atoms with Crippen molar-refractivity contribution in [2.45, 2.75) is 13.8 Å². The molecule has 5 heteroatoms. The van der Waals surface area contributed by atoms with Crippen molar-refractivity contribution in [1.29, 1.82) is 0 Å². The molecular formula is C9H12N2O2S. The van der Waals surface area contributed by atoms with E-state index in [1.807, 2.05) is 0 Å². The Morgan fingerprint density at radius 3 is 1.79 bits per heavy atom. The average Bonchev–Trinajstić information content (AvgIpc) is 2.16. The largest absolute Gasteiger partial charge is 0.285 e. The quantitative estimate of drug-likeness (QED) is 0.381. The highest BCUT2D eigenvalue weighted by Gasteiger charge is 2.36. The van der Waals surface area contributed by atoms with Gasteiger partial charge in [-0.15, -0.1) is 0 Å². The number of nitrogens with zero attached hydrogens (tertiary/aromatic N) is 2. The predicted octanol–water partition coefficient (Wildman–Crippen LogP) is 0.538. The molecule has 0 aromatic carbocycles. The fraction of sp³-hybridized carbons (Fsp3) is 0.444. The van der Waals surface area contributed by atoms with Gasteiger partial charge >= 0.3 is 0 Å². The van der Waals surface area contributed by atoms with E-state index in [-0.39, 0.29) is 22.5 Å². The van der Waals surface area contributed by atoms with Gasteiger partial charge in [0.2, 0.25) is 0 Å². The molecular weight excluding hydrogens is 200 g/mol. The second kappa shape index (κ2) is 3.88. The molecule has 0 unspecified atom stereocenters. The van der Waals surface area contributed by atoms with Crippen molar-refractivity contribution in [1.82, 2.24) is 9.80 Å². The van der Waals surface area contributed by atoms with E-state index in [9.17, 15) is 9.59 Å². The van der Waals surface area contributed by atoms with Crippen molar-refractivity contribution in [3.8, 4) is 0 Å². The minimum absolute atomic E-state index is 0.0118. The maximum atomic E-state index is 11.5. The Morgan fingerprint density at radius 1 is 1.14 bits per heavy atom. The second-order valence-corrected chi connectivity index (χ2v) is 3.23. The Balaban J connectivity index is 3.07. The molecule has 0 aliphatic carbocycles. The van der Waals surface area contributed by atoms with E-state index in [1.165, 1.54) is 9.80 Å². The second-order valence-electron chi connectivity index (χ2n) is 2.86. The number of thiocarbonyl (C=S) groups is 1. The summed E-state index contributed by atoms with van der Waals surface area (Å²) in [5.74, 6) is -0.764. The molecule has 0 spiro atoms. The summed E-state index contributed by atoms with van der Waals surface area (Å²) >= 11 is 5.02. The lowest BCUT2D eigenvalue weighted by atomic mass is 10.2. The molecule has 0 radical (unpaired) electrons. The number of hydrogen-bond acceptors (Lipinski definition) is 3. The number of hydrogen-bond donors (Lipinski definition) is 0. The SMILES string of the molecule is C=C1C(=O)N(CC)C(=S)N(CC)C1=O. The first-order valence-corrected chi connectivity index (χ1v) is 4.82. The van der Waals surface area contributed by atoms with Gasteiger partial charge in [0.05, 0.1) is 5.57 Å². The fourth-order valence-corrected chi connectivity index (χ4v) is 1.72. The highest BCUT2D eigenvalue weighted by Crippen LogP contribution is 2.15. The van der Waals surface area contributed by atoms with Crippen molar-refractivity contribution >= 4 is 29.1 Å². The maximum Gasteiger partial charge on any atom is 0.265 e. The highest BCUT2D eigenvalue weighted by molar-refractivity contribution is 7.80. The van der Waals surface area contributed by atoms with Crippen LogP contribution in [0.2, 0.25) is 0 Å². The Hall–Kier alpha value is -1.23. The van der Waals surface area contributed by atoms with E-state index in [0.29, 0.717) is 13.1 Å². The number of carbonyl (C=O) groups excluding carboxylic acids is 2. The van der Waals surface area contributed by atoms with Gasteiger partial charge in [0.15, 0.2) is 5.11 Å². The van der Waals surface area contributed by atoms with Crippen LogP contribution in [0.4, 0.5) is 0 Å². The Kier molecular flexibility index (Phi) is 3.00. The van der Waals surface area contributed by atoms with Crippen LogP contribution in [-0.4, -0.2) is 39.8 Å². The summed E-state index contributed by atoms with van der Waals surface area (Å²) in [5.41, 5.74) is -0.0118.